The number of carbonyl (C=O) groups excluding carboxylic acids is 2. The molecular formula is C29H31N5O4S. The molecule has 2 atom stereocenters. The number of aromatic nitrogens is 3. The predicted octanol–water partition coefficient (Wildman–Crippen LogP) is 5.07. The van der Waals surface area contributed by atoms with E-state index in [-0.39, 0.29) is 35.9 Å². The van der Waals surface area contributed by atoms with Crippen molar-refractivity contribution >= 4 is 23.2 Å². The van der Waals surface area contributed by atoms with E-state index in [9.17, 15) is 9.59 Å². The minimum Gasteiger partial charge on any atom is -0.462 e. The lowest BCUT2D eigenvalue weighted by molar-refractivity contribution is 0.0526. The van der Waals surface area contributed by atoms with Crippen molar-refractivity contribution in [3.63, 3.8) is 0 Å². The third-order valence-corrected chi connectivity index (χ3v) is 7.77. The van der Waals surface area contributed by atoms with Crippen LogP contribution in [0.15, 0.2) is 58.3 Å². The van der Waals surface area contributed by atoms with Gasteiger partial charge in [-0.25, -0.2) is 9.78 Å². The van der Waals surface area contributed by atoms with Gasteiger partial charge in [0.1, 0.15) is 5.01 Å². The van der Waals surface area contributed by atoms with E-state index in [0.717, 1.165) is 29.1 Å². The van der Waals surface area contributed by atoms with Crippen molar-refractivity contribution < 1.29 is 18.7 Å². The van der Waals surface area contributed by atoms with Crippen LogP contribution in [0.3, 0.4) is 0 Å². The van der Waals surface area contributed by atoms with Crippen LogP contribution in [0.4, 0.5) is 0 Å². The molecule has 1 saturated heterocycles. The lowest BCUT2D eigenvalue weighted by Gasteiger charge is -2.23. The molecule has 1 amide bonds. The van der Waals surface area contributed by atoms with Gasteiger partial charge in [0, 0.05) is 28.7 Å². The number of ether oxygens (including phenoxy) is 1. The van der Waals surface area contributed by atoms with E-state index in [4.69, 9.17) is 14.9 Å². The smallest absolute Gasteiger partial charge is 0.338 e. The van der Waals surface area contributed by atoms with Crippen LogP contribution in [0.1, 0.15) is 75.6 Å². The van der Waals surface area contributed by atoms with E-state index >= 15 is 0 Å². The first kappa shape index (κ1) is 26.7. The standard InChI is InChI=1S/C29H31N5O4S/c1-4-37-27(36)22-14-20(24-32-33-28(38-24)29(3,30)16-19-9-6-5-7-10-19)13-21(15-22)26(35)34-12-8-11-23(34)25-31-18(2)17-39-25/h5-7,9-10,13-15,17,23H,4,8,11-12,16,30H2,1-3H3/t23-,29+/m1/s1. The van der Waals surface area contributed by atoms with Crippen molar-refractivity contribution in [2.75, 3.05) is 13.2 Å². The van der Waals surface area contributed by atoms with Crippen LogP contribution in [0.2, 0.25) is 0 Å². The van der Waals surface area contributed by atoms with E-state index in [0.29, 0.717) is 24.1 Å². The van der Waals surface area contributed by atoms with Crippen LogP contribution < -0.4 is 5.73 Å². The lowest BCUT2D eigenvalue weighted by atomic mass is 9.94. The number of aryl methyl sites for hydroxylation is 1. The van der Waals surface area contributed by atoms with E-state index in [1.807, 2.05) is 54.5 Å². The first-order valence-electron chi connectivity index (χ1n) is 13.0. The van der Waals surface area contributed by atoms with Gasteiger partial charge in [-0.05, 0) is 63.8 Å². The molecule has 39 heavy (non-hydrogen) atoms. The molecule has 2 aromatic carbocycles. The van der Waals surface area contributed by atoms with Gasteiger partial charge in [0.05, 0.1) is 23.8 Å². The van der Waals surface area contributed by atoms with E-state index in [1.54, 1.807) is 36.5 Å². The number of nitrogens with zero attached hydrogens (tertiary/aromatic N) is 4. The molecule has 9 nitrogen and oxygen atoms in total. The summed E-state index contributed by atoms with van der Waals surface area (Å²) in [6, 6.07) is 14.6. The molecule has 10 heteroatoms. The molecule has 2 N–H and O–H groups in total. The zero-order valence-electron chi connectivity index (χ0n) is 22.2. The highest BCUT2D eigenvalue weighted by Crippen LogP contribution is 2.35. The SMILES string of the molecule is CCOC(=O)c1cc(C(=O)N2CCC[C@@H]2c2nc(C)cs2)cc(-c2nnc([C@@](C)(N)Cc3ccccc3)o2)c1. The summed E-state index contributed by atoms with van der Waals surface area (Å²) in [5.74, 6) is -0.294. The van der Waals surface area contributed by atoms with Crippen LogP contribution in [0.25, 0.3) is 11.5 Å². The maximum Gasteiger partial charge on any atom is 0.338 e. The molecule has 1 aliphatic heterocycles. The van der Waals surface area contributed by atoms with Gasteiger partial charge in [-0.2, -0.15) is 0 Å². The molecule has 0 aliphatic carbocycles. The number of amides is 1. The molecule has 4 aromatic rings. The van der Waals surface area contributed by atoms with Crippen LogP contribution in [-0.4, -0.2) is 45.1 Å². The number of benzene rings is 2. The Hall–Kier alpha value is -3.89. The molecule has 1 fully saturated rings. The third-order valence-electron chi connectivity index (χ3n) is 6.70. The molecular weight excluding hydrogens is 514 g/mol. The summed E-state index contributed by atoms with van der Waals surface area (Å²) in [7, 11) is 0. The number of nitrogens with two attached hydrogens (primary N) is 1. The number of likely N-dealkylation sites (tertiary alicyclic amines) is 1. The normalized spacial score (nSPS) is 16.7. The van der Waals surface area contributed by atoms with Gasteiger partial charge >= 0.3 is 5.97 Å². The van der Waals surface area contributed by atoms with Crippen molar-refractivity contribution in [2.24, 2.45) is 5.73 Å². The fraction of sp³-hybridized carbons (Fsp3) is 0.345. The predicted molar refractivity (Wildman–Crippen MR) is 147 cm³/mol. The van der Waals surface area contributed by atoms with E-state index < -0.39 is 11.5 Å². The summed E-state index contributed by atoms with van der Waals surface area (Å²) in [4.78, 5) is 33.0. The molecule has 3 heterocycles. The highest BCUT2D eigenvalue weighted by atomic mass is 32.1. The molecule has 0 spiro atoms. The maximum absolute atomic E-state index is 13.8. The summed E-state index contributed by atoms with van der Waals surface area (Å²) in [5, 5.41) is 11.4. The van der Waals surface area contributed by atoms with Gasteiger partial charge in [-0.3, -0.25) is 4.79 Å². The van der Waals surface area contributed by atoms with Gasteiger partial charge in [-0.15, -0.1) is 21.5 Å². The van der Waals surface area contributed by atoms with Gasteiger partial charge in [0.25, 0.3) is 5.91 Å². The topological polar surface area (TPSA) is 124 Å². The van der Waals surface area contributed by atoms with Gasteiger partial charge in [0.15, 0.2) is 0 Å². The zero-order chi connectivity index (χ0) is 27.6. The second-order valence-electron chi connectivity index (χ2n) is 10.00. The largest absolute Gasteiger partial charge is 0.462 e. The molecule has 0 bridgehead atoms. The Bertz CT molecular complexity index is 1480. The van der Waals surface area contributed by atoms with Crippen LogP contribution >= 0.6 is 11.3 Å². The molecule has 0 saturated carbocycles. The van der Waals surface area contributed by atoms with Crippen LogP contribution in [0.5, 0.6) is 0 Å². The van der Waals surface area contributed by atoms with Crippen molar-refractivity contribution in [3.05, 3.63) is 87.2 Å². The monoisotopic (exact) mass is 545 g/mol. The Morgan fingerprint density at radius 1 is 1.18 bits per heavy atom. The third kappa shape index (κ3) is 5.76. The Labute approximate surface area is 231 Å². The average Bonchev–Trinajstić information content (AvgIpc) is 3.69. The van der Waals surface area contributed by atoms with Crippen LogP contribution in [0, 0.1) is 6.92 Å². The maximum atomic E-state index is 13.8. The lowest BCUT2D eigenvalue weighted by Crippen LogP contribution is -2.35. The number of hydrogen-bond acceptors (Lipinski definition) is 9. The van der Waals surface area contributed by atoms with Crippen LogP contribution in [-0.2, 0) is 16.7 Å². The van der Waals surface area contributed by atoms with Gasteiger partial charge in [0.2, 0.25) is 11.8 Å². The molecule has 2 aromatic heterocycles. The fourth-order valence-corrected chi connectivity index (χ4v) is 5.77. The Balaban J connectivity index is 1.48. The molecule has 5 rings (SSSR count). The summed E-state index contributed by atoms with van der Waals surface area (Å²) in [6.07, 6.45) is 2.21. The Kier molecular flexibility index (Phi) is 7.58. The Morgan fingerprint density at radius 2 is 1.95 bits per heavy atom. The number of thiazole rings is 1. The van der Waals surface area contributed by atoms with Crippen molar-refractivity contribution in [1.82, 2.24) is 20.1 Å². The number of rotatable bonds is 8. The molecule has 0 unspecified atom stereocenters. The van der Waals surface area contributed by atoms with E-state index in [2.05, 4.69) is 15.2 Å². The summed E-state index contributed by atoms with van der Waals surface area (Å²) < 4.78 is 11.3. The number of esters is 1. The highest BCUT2D eigenvalue weighted by Gasteiger charge is 2.34. The minimum atomic E-state index is -0.918. The number of carbonyl (C=O) groups is 2. The second kappa shape index (κ2) is 11.1. The molecule has 202 valence electrons. The van der Waals surface area contributed by atoms with Crippen molar-refractivity contribution in [2.45, 2.75) is 51.6 Å². The average molecular weight is 546 g/mol. The summed E-state index contributed by atoms with van der Waals surface area (Å²) in [5.41, 5.74) is 8.65. The van der Waals surface area contributed by atoms with Crippen molar-refractivity contribution in [1.29, 1.82) is 0 Å². The van der Waals surface area contributed by atoms with Gasteiger partial charge < -0.3 is 19.8 Å². The quantitative estimate of drug-likeness (QED) is 0.304. The van der Waals surface area contributed by atoms with E-state index in [1.165, 1.54) is 0 Å². The summed E-state index contributed by atoms with van der Waals surface area (Å²) >= 11 is 1.56. The zero-order valence-corrected chi connectivity index (χ0v) is 23.0. The highest BCUT2D eigenvalue weighted by molar-refractivity contribution is 7.09. The second-order valence-corrected chi connectivity index (χ2v) is 10.9. The first-order valence-corrected chi connectivity index (χ1v) is 13.9. The van der Waals surface area contributed by atoms with Crippen molar-refractivity contribution in [3.8, 4) is 11.5 Å². The first-order chi connectivity index (χ1) is 18.7. The summed E-state index contributed by atoms with van der Waals surface area (Å²) in [6.45, 7) is 6.32. The fourth-order valence-electron chi connectivity index (χ4n) is 4.83. The molecule has 0 radical (unpaired) electrons. The number of hydrogen-bond donors (Lipinski definition) is 1. The molecule has 1 aliphatic rings. The minimum absolute atomic E-state index is 0.100. The van der Waals surface area contributed by atoms with Gasteiger partial charge in [-0.1, -0.05) is 30.3 Å². The Morgan fingerprint density at radius 3 is 2.67 bits per heavy atom.